The van der Waals surface area contributed by atoms with Crippen LogP contribution in [0.25, 0.3) is 0 Å². The quantitative estimate of drug-likeness (QED) is 0.666. The molecule has 1 aliphatic heterocycles. The molecule has 10 heteroatoms. The van der Waals surface area contributed by atoms with E-state index in [9.17, 15) is 18.0 Å². The minimum absolute atomic E-state index is 0.0392. The predicted molar refractivity (Wildman–Crippen MR) is 126 cm³/mol. The number of nitrogens with one attached hydrogen (secondary N) is 2. The molecule has 2 N–H and O–H groups in total. The molecule has 0 aliphatic carbocycles. The number of aryl methyl sites for hydroxylation is 2. The topological polar surface area (TPSA) is 115 Å². The predicted octanol–water partition coefficient (Wildman–Crippen LogP) is 2.58. The summed E-state index contributed by atoms with van der Waals surface area (Å²) in [5.74, 6) is -0.0135. The number of H-pyrrole nitrogens is 1. The van der Waals surface area contributed by atoms with E-state index in [4.69, 9.17) is 0 Å². The molecule has 0 unspecified atom stereocenters. The van der Waals surface area contributed by atoms with Crippen LogP contribution in [-0.2, 0) is 25.0 Å². The molecule has 3 rings (SSSR count). The number of sulfonamides is 1. The van der Waals surface area contributed by atoms with E-state index in [0.717, 1.165) is 11.3 Å². The van der Waals surface area contributed by atoms with E-state index in [1.807, 2.05) is 33.8 Å². The first-order chi connectivity index (χ1) is 15.4. The SMILES string of the molecule is Cc1ccc(C)c(S(=O)(=O)N2CCN(C(=O)CCC(=O)Nc3cc(C(C)(C)C)[nH]n3)CC2)c1. The molecule has 1 aromatic carbocycles. The minimum atomic E-state index is -3.61. The molecule has 1 aromatic heterocycles. The summed E-state index contributed by atoms with van der Waals surface area (Å²) in [6.45, 7) is 10.8. The number of anilines is 1. The number of hydrogen-bond acceptors (Lipinski definition) is 5. The molecule has 9 nitrogen and oxygen atoms in total. The first kappa shape index (κ1) is 24.9. The molecule has 0 saturated carbocycles. The molecule has 1 aliphatic rings. The number of aromatic amines is 1. The Kier molecular flexibility index (Phi) is 7.28. The molecule has 33 heavy (non-hydrogen) atoms. The molecule has 0 atom stereocenters. The fourth-order valence-corrected chi connectivity index (χ4v) is 5.39. The third kappa shape index (κ3) is 6.00. The third-order valence-electron chi connectivity index (χ3n) is 5.77. The van der Waals surface area contributed by atoms with Crippen LogP contribution in [0.1, 0.15) is 50.4 Å². The van der Waals surface area contributed by atoms with Crippen molar-refractivity contribution in [3.63, 3.8) is 0 Å². The standard InChI is InChI=1S/C23H33N5O4S/c1-16-6-7-17(2)18(14-16)33(31,32)28-12-10-27(11-13-28)22(30)9-8-21(29)24-20-15-19(25-26-20)23(3,4)5/h6-7,14-15H,8-13H2,1-5H3,(H2,24,25,26,29). The highest BCUT2D eigenvalue weighted by Gasteiger charge is 2.31. The van der Waals surface area contributed by atoms with E-state index >= 15 is 0 Å². The van der Waals surface area contributed by atoms with Gasteiger partial charge in [-0.1, -0.05) is 32.9 Å². The van der Waals surface area contributed by atoms with Gasteiger partial charge in [0.25, 0.3) is 0 Å². The van der Waals surface area contributed by atoms with Crippen LogP contribution in [0.15, 0.2) is 29.2 Å². The number of benzene rings is 1. The number of carbonyl (C=O) groups is 2. The Bertz CT molecular complexity index is 1130. The molecule has 2 aromatic rings. The second kappa shape index (κ2) is 9.64. The lowest BCUT2D eigenvalue weighted by Crippen LogP contribution is -2.50. The van der Waals surface area contributed by atoms with Gasteiger partial charge in [0.05, 0.1) is 4.90 Å². The van der Waals surface area contributed by atoms with Gasteiger partial charge in [-0.3, -0.25) is 14.7 Å². The van der Waals surface area contributed by atoms with Crippen molar-refractivity contribution in [2.75, 3.05) is 31.5 Å². The van der Waals surface area contributed by atoms with Gasteiger partial charge in [-0.05, 0) is 31.0 Å². The van der Waals surface area contributed by atoms with Gasteiger partial charge in [0.15, 0.2) is 5.82 Å². The highest BCUT2D eigenvalue weighted by atomic mass is 32.2. The van der Waals surface area contributed by atoms with Crippen molar-refractivity contribution in [2.24, 2.45) is 0 Å². The average molecular weight is 476 g/mol. The molecule has 0 spiro atoms. The van der Waals surface area contributed by atoms with Crippen molar-refractivity contribution in [3.8, 4) is 0 Å². The van der Waals surface area contributed by atoms with Gasteiger partial charge in [0.2, 0.25) is 21.8 Å². The average Bonchev–Trinajstić information content (AvgIpc) is 3.22. The Morgan fingerprint density at radius 3 is 2.33 bits per heavy atom. The Morgan fingerprint density at radius 1 is 1.06 bits per heavy atom. The molecule has 2 heterocycles. The first-order valence-electron chi connectivity index (χ1n) is 11.1. The van der Waals surface area contributed by atoms with Crippen molar-refractivity contribution < 1.29 is 18.0 Å². The van der Waals surface area contributed by atoms with E-state index < -0.39 is 10.0 Å². The van der Waals surface area contributed by atoms with Gasteiger partial charge >= 0.3 is 0 Å². The lowest BCUT2D eigenvalue weighted by Gasteiger charge is -2.34. The molecule has 1 saturated heterocycles. The highest BCUT2D eigenvalue weighted by Crippen LogP contribution is 2.23. The fourth-order valence-electron chi connectivity index (χ4n) is 3.66. The molecule has 0 radical (unpaired) electrons. The largest absolute Gasteiger partial charge is 0.340 e. The molecule has 1 fully saturated rings. The van der Waals surface area contributed by atoms with Crippen LogP contribution < -0.4 is 5.32 Å². The molecular weight excluding hydrogens is 442 g/mol. The van der Waals surface area contributed by atoms with Crippen LogP contribution in [0.4, 0.5) is 5.82 Å². The van der Waals surface area contributed by atoms with E-state index in [-0.39, 0.29) is 43.2 Å². The summed E-state index contributed by atoms with van der Waals surface area (Å²) in [5.41, 5.74) is 2.38. The Balaban J connectivity index is 1.50. The number of amides is 2. The third-order valence-corrected chi connectivity index (χ3v) is 7.81. The van der Waals surface area contributed by atoms with Gasteiger partial charge in [0, 0.05) is 56.2 Å². The van der Waals surface area contributed by atoms with Crippen LogP contribution in [0.5, 0.6) is 0 Å². The van der Waals surface area contributed by atoms with E-state index in [1.165, 1.54) is 4.31 Å². The fraction of sp³-hybridized carbons (Fsp3) is 0.522. The summed E-state index contributed by atoms with van der Waals surface area (Å²) in [6.07, 6.45) is 0.101. The first-order valence-corrected chi connectivity index (χ1v) is 12.5. The summed E-state index contributed by atoms with van der Waals surface area (Å²) in [6, 6.07) is 7.16. The maximum absolute atomic E-state index is 13.1. The van der Waals surface area contributed by atoms with Crippen LogP contribution in [0.3, 0.4) is 0 Å². The number of piperazine rings is 1. The summed E-state index contributed by atoms with van der Waals surface area (Å²) >= 11 is 0. The van der Waals surface area contributed by atoms with E-state index in [0.29, 0.717) is 29.4 Å². The lowest BCUT2D eigenvalue weighted by molar-refractivity contribution is -0.133. The Morgan fingerprint density at radius 2 is 1.73 bits per heavy atom. The van der Waals surface area contributed by atoms with E-state index in [2.05, 4.69) is 15.5 Å². The summed E-state index contributed by atoms with van der Waals surface area (Å²) in [5, 5.41) is 9.71. The van der Waals surface area contributed by atoms with Gasteiger partial charge in [-0.25, -0.2) is 8.42 Å². The van der Waals surface area contributed by atoms with Crippen LogP contribution in [-0.4, -0.2) is 65.8 Å². The van der Waals surface area contributed by atoms with Gasteiger partial charge < -0.3 is 10.2 Å². The zero-order chi connectivity index (χ0) is 24.4. The zero-order valence-electron chi connectivity index (χ0n) is 19.9. The van der Waals surface area contributed by atoms with Crippen molar-refractivity contribution in [1.82, 2.24) is 19.4 Å². The molecule has 180 valence electrons. The second-order valence-corrected chi connectivity index (χ2v) is 11.4. The normalized spacial score (nSPS) is 15.5. The number of nitrogens with zero attached hydrogens (tertiary/aromatic N) is 3. The van der Waals surface area contributed by atoms with E-state index in [1.54, 1.807) is 30.0 Å². The monoisotopic (exact) mass is 475 g/mol. The minimum Gasteiger partial charge on any atom is -0.340 e. The summed E-state index contributed by atoms with van der Waals surface area (Å²) < 4.78 is 27.5. The van der Waals surface area contributed by atoms with Gasteiger partial charge in [-0.15, -0.1) is 0 Å². The number of hydrogen-bond donors (Lipinski definition) is 2. The van der Waals surface area contributed by atoms with Crippen molar-refractivity contribution >= 4 is 27.7 Å². The molecule has 2 amide bonds. The van der Waals surface area contributed by atoms with Crippen LogP contribution in [0, 0.1) is 13.8 Å². The highest BCUT2D eigenvalue weighted by molar-refractivity contribution is 7.89. The Hall–Kier alpha value is -2.72. The lowest BCUT2D eigenvalue weighted by atomic mass is 9.92. The van der Waals surface area contributed by atoms with Crippen molar-refractivity contribution in [3.05, 3.63) is 41.1 Å². The van der Waals surface area contributed by atoms with Crippen LogP contribution in [0.2, 0.25) is 0 Å². The maximum Gasteiger partial charge on any atom is 0.243 e. The van der Waals surface area contributed by atoms with Gasteiger partial charge in [-0.2, -0.15) is 9.40 Å². The van der Waals surface area contributed by atoms with Gasteiger partial charge in [0.1, 0.15) is 0 Å². The maximum atomic E-state index is 13.1. The zero-order valence-corrected chi connectivity index (χ0v) is 20.8. The van der Waals surface area contributed by atoms with Crippen LogP contribution >= 0.6 is 0 Å². The smallest absolute Gasteiger partial charge is 0.243 e. The number of rotatable bonds is 6. The summed E-state index contributed by atoms with van der Waals surface area (Å²) in [4.78, 5) is 26.7. The van der Waals surface area contributed by atoms with Crippen molar-refractivity contribution in [1.29, 1.82) is 0 Å². The summed E-state index contributed by atoms with van der Waals surface area (Å²) in [7, 11) is -3.61. The number of carbonyl (C=O) groups excluding carboxylic acids is 2. The molecular formula is C23H33N5O4S. The number of aromatic nitrogens is 2. The Labute approximate surface area is 195 Å². The molecule has 0 bridgehead atoms. The van der Waals surface area contributed by atoms with Crippen molar-refractivity contribution in [2.45, 2.75) is 57.8 Å². The second-order valence-electron chi connectivity index (χ2n) is 9.52.